The summed E-state index contributed by atoms with van der Waals surface area (Å²) in [5.74, 6) is 2.14. The van der Waals surface area contributed by atoms with E-state index >= 15 is 0 Å². The lowest BCUT2D eigenvalue weighted by molar-refractivity contribution is 0.0646. The van der Waals surface area contributed by atoms with Gasteiger partial charge in [0.15, 0.2) is 11.4 Å². The Labute approximate surface area is 247 Å². The van der Waals surface area contributed by atoms with Crippen LogP contribution in [-0.4, -0.2) is 34.8 Å². The Hall–Kier alpha value is -4.17. The van der Waals surface area contributed by atoms with Gasteiger partial charge in [-0.1, -0.05) is 60.7 Å². The van der Waals surface area contributed by atoms with Crippen molar-refractivity contribution in [2.45, 2.75) is 42.2 Å². The number of amides is 1. The summed E-state index contributed by atoms with van der Waals surface area (Å²) < 4.78 is 14.8. The van der Waals surface area contributed by atoms with Crippen molar-refractivity contribution in [1.82, 2.24) is 9.58 Å². The molecule has 210 valence electrons. The molecule has 1 amide bonds. The van der Waals surface area contributed by atoms with Crippen molar-refractivity contribution in [1.29, 1.82) is 0 Å². The van der Waals surface area contributed by atoms with E-state index in [4.69, 9.17) is 9.47 Å². The van der Waals surface area contributed by atoms with Gasteiger partial charge in [0.1, 0.15) is 25.1 Å². The predicted octanol–water partition coefficient (Wildman–Crippen LogP) is 5.34. The van der Waals surface area contributed by atoms with Crippen LogP contribution in [0.25, 0.3) is 0 Å². The molecule has 7 nitrogen and oxygen atoms in total. The minimum Gasteiger partial charge on any atom is -0.493 e. The van der Waals surface area contributed by atoms with Gasteiger partial charge in [0.2, 0.25) is 5.43 Å². The molecular formula is C34H29N3O4S. The van der Waals surface area contributed by atoms with Crippen molar-refractivity contribution in [3.63, 3.8) is 0 Å². The summed E-state index contributed by atoms with van der Waals surface area (Å²) in [6.07, 6.45) is 3.79. The van der Waals surface area contributed by atoms with Gasteiger partial charge in [-0.25, -0.2) is 0 Å². The number of carbonyl (C=O) groups excluding carboxylic acids is 1. The van der Waals surface area contributed by atoms with Crippen molar-refractivity contribution < 1.29 is 14.3 Å². The predicted molar refractivity (Wildman–Crippen MR) is 159 cm³/mol. The van der Waals surface area contributed by atoms with Crippen molar-refractivity contribution in [2.24, 2.45) is 11.3 Å². The topological polar surface area (TPSA) is 64.0 Å². The first-order chi connectivity index (χ1) is 20.6. The van der Waals surface area contributed by atoms with E-state index in [1.165, 1.54) is 16.5 Å². The molecule has 3 aromatic carbocycles. The van der Waals surface area contributed by atoms with Gasteiger partial charge in [0.05, 0.1) is 6.61 Å². The highest BCUT2D eigenvalue weighted by Gasteiger charge is 2.73. The Balaban J connectivity index is 1.27. The lowest BCUT2D eigenvalue weighted by Crippen LogP contribution is -2.56. The summed E-state index contributed by atoms with van der Waals surface area (Å²) in [5, 5.41) is 2.25. The molecule has 0 radical (unpaired) electrons. The maximum atomic E-state index is 14.4. The molecule has 2 saturated carbocycles. The number of aromatic nitrogens is 1. The van der Waals surface area contributed by atoms with Crippen LogP contribution in [0.4, 0.5) is 0 Å². The van der Waals surface area contributed by atoms with Crippen LogP contribution in [0.3, 0.4) is 0 Å². The normalized spacial score (nSPS) is 26.2. The van der Waals surface area contributed by atoms with E-state index < -0.39 is 0 Å². The van der Waals surface area contributed by atoms with Crippen LogP contribution in [0.5, 0.6) is 11.5 Å². The summed E-state index contributed by atoms with van der Waals surface area (Å²) in [7, 11) is 0. The minimum atomic E-state index is -0.285. The highest BCUT2D eigenvalue weighted by molar-refractivity contribution is 7.98. The van der Waals surface area contributed by atoms with Gasteiger partial charge >= 0.3 is 0 Å². The summed E-state index contributed by atoms with van der Waals surface area (Å²) in [4.78, 5) is 31.0. The fourth-order valence-electron chi connectivity index (χ4n) is 7.46. The second-order valence-electron chi connectivity index (χ2n) is 12.1. The van der Waals surface area contributed by atoms with E-state index in [0.717, 1.165) is 41.0 Å². The third-order valence-corrected chi connectivity index (χ3v) is 10.9. The molecule has 9 rings (SSSR count). The lowest BCUT2D eigenvalue weighted by atomic mass is 9.93. The molecule has 3 aliphatic heterocycles. The van der Waals surface area contributed by atoms with Crippen molar-refractivity contribution in [3.05, 3.63) is 123 Å². The van der Waals surface area contributed by atoms with Crippen LogP contribution in [-0.2, 0) is 12.4 Å². The van der Waals surface area contributed by atoms with Crippen LogP contribution in [0, 0.1) is 11.3 Å². The van der Waals surface area contributed by atoms with Crippen LogP contribution in [0.2, 0.25) is 0 Å². The number of nitrogens with zero attached hydrogens (tertiary/aromatic N) is 3. The third kappa shape index (κ3) is 3.54. The number of benzene rings is 3. The standard InChI is InChI=1S/C34H29N3O4S/c38-25-13-14-36-31(32(25)41-17-21-7-2-1-3-8-21)33(39)35-20-37(36)30-24-10-4-5-12-27(24)42-19-22-9-6-11-26(29(22)30)40-18-23-15-34(23)16-28(34)35/h1-14,23,28,30H,15-20H2/t23-,28?,30+,34?/m1/s1. The van der Waals surface area contributed by atoms with Gasteiger partial charge in [-0.2, -0.15) is 0 Å². The van der Waals surface area contributed by atoms with Crippen molar-refractivity contribution >= 4 is 17.7 Å². The molecule has 0 saturated heterocycles. The number of hydrogen-bond donors (Lipinski definition) is 0. The smallest absolute Gasteiger partial charge is 0.278 e. The summed E-state index contributed by atoms with van der Waals surface area (Å²) in [6.45, 7) is 1.29. The average Bonchev–Trinajstić information content (AvgIpc) is 3.93. The number of carbonyl (C=O) groups is 1. The fourth-order valence-corrected chi connectivity index (χ4v) is 8.55. The quantitative estimate of drug-likeness (QED) is 0.329. The number of rotatable bonds is 3. The molecule has 4 heterocycles. The third-order valence-electron chi connectivity index (χ3n) is 9.80. The second kappa shape index (κ2) is 8.91. The molecule has 4 aromatic rings. The summed E-state index contributed by atoms with van der Waals surface area (Å²) in [5.41, 5.74) is 4.59. The van der Waals surface area contributed by atoms with Crippen LogP contribution >= 0.6 is 11.8 Å². The SMILES string of the molecule is O=C1c2c(OCc3ccccc3)c(=O)ccn2N2CN1C1CC13C[C@@H]3COc1cccc3c1[C@@H]2c1ccccc1SC3. The highest BCUT2D eigenvalue weighted by Crippen LogP contribution is 2.72. The fraction of sp³-hybridized carbons (Fsp3) is 0.294. The summed E-state index contributed by atoms with van der Waals surface area (Å²) in [6, 6.07) is 26.1. The molecule has 2 unspecified atom stereocenters. The van der Waals surface area contributed by atoms with Gasteiger partial charge in [0.25, 0.3) is 5.91 Å². The molecule has 1 spiro atoms. The maximum Gasteiger partial charge on any atom is 0.278 e. The molecule has 0 N–H and O–H groups in total. The second-order valence-corrected chi connectivity index (χ2v) is 13.1. The first kappa shape index (κ1) is 24.4. The van der Waals surface area contributed by atoms with Gasteiger partial charge < -0.3 is 14.4 Å². The van der Waals surface area contributed by atoms with Gasteiger partial charge in [0, 0.05) is 40.4 Å². The zero-order valence-corrected chi connectivity index (χ0v) is 23.8. The van der Waals surface area contributed by atoms with E-state index in [-0.39, 0.29) is 41.2 Å². The first-order valence-corrected chi connectivity index (χ1v) is 15.6. The number of ether oxygens (including phenoxy) is 2. The van der Waals surface area contributed by atoms with Crippen molar-refractivity contribution in [2.75, 3.05) is 18.3 Å². The highest BCUT2D eigenvalue weighted by atomic mass is 32.2. The molecule has 8 heteroatoms. The van der Waals surface area contributed by atoms with E-state index in [1.54, 1.807) is 6.20 Å². The van der Waals surface area contributed by atoms with Crippen LogP contribution in [0.15, 0.2) is 94.7 Å². The van der Waals surface area contributed by atoms with Crippen LogP contribution < -0.4 is 19.9 Å². The zero-order valence-electron chi connectivity index (χ0n) is 22.9. The van der Waals surface area contributed by atoms with Gasteiger partial charge in [-0.05, 0) is 47.1 Å². The number of thioether (sulfide) groups is 1. The largest absolute Gasteiger partial charge is 0.493 e. The van der Waals surface area contributed by atoms with Crippen molar-refractivity contribution in [3.8, 4) is 11.5 Å². The Morgan fingerprint density at radius 2 is 1.81 bits per heavy atom. The van der Waals surface area contributed by atoms with E-state index in [1.807, 2.05) is 51.7 Å². The maximum absolute atomic E-state index is 14.4. The van der Waals surface area contributed by atoms with Gasteiger partial charge in [-0.3, -0.25) is 19.3 Å². The van der Waals surface area contributed by atoms with Crippen LogP contribution in [0.1, 0.15) is 51.6 Å². The van der Waals surface area contributed by atoms with E-state index in [2.05, 4.69) is 47.5 Å². The lowest BCUT2D eigenvalue weighted by Gasteiger charge is -2.45. The monoisotopic (exact) mass is 575 g/mol. The Bertz CT molecular complexity index is 1820. The molecule has 2 aliphatic carbocycles. The number of hydrogen-bond acceptors (Lipinski definition) is 6. The number of fused-ring (bicyclic) bond motifs is 8. The molecular weight excluding hydrogens is 546 g/mol. The Morgan fingerprint density at radius 1 is 0.952 bits per heavy atom. The minimum absolute atomic E-state index is 0.110. The summed E-state index contributed by atoms with van der Waals surface area (Å²) >= 11 is 1.83. The van der Waals surface area contributed by atoms with Gasteiger partial charge in [-0.15, -0.1) is 11.8 Å². The first-order valence-electron chi connectivity index (χ1n) is 14.6. The molecule has 2 bridgehead atoms. The molecule has 5 aliphatic rings. The molecule has 1 aromatic heterocycles. The number of pyridine rings is 1. The molecule has 2 fully saturated rings. The van der Waals surface area contributed by atoms with E-state index in [0.29, 0.717) is 24.9 Å². The zero-order chi connectivity index (χ0) is 28.0. The molecule has 4 atom stereocenters. The van der Waals surface area contributed by atoms with E-state index in [9.17, 15) is 9.59 Å². The average molecular weight is 576 g/mol. The Morgan fingerprint density at radius 3 is 2.71 bits per heavy atom. The molecule has 42 heavy (non-hydrogen) atoms. The Kier molecular flexibility index (Phi) is 5.19.